The highest BCUT2D eigenvalue weighted by Crippen LogP contribution is 2.11. The Labute approximate surface area is 94.0 Å². The fraction of sp³-hybridized carbons (Fsp3) is 0.167. The quantitative estimate of drug-likeness (QED) is 0.817. The molecule has 0 aliphatic heterocycles. The molecule has 0 unspecified atom stereocenters. The molecule has 16 heavy (non-hydrogen) atoms. The molecule has 0 spiro atoms. The van der Waals surface area contributed by atoms with Crippen LogP contribution in [-0.4, -0.2) is 21.6 Å². The molecule has 1 aromatic heterocycles. The minimum Gasteiger partial charge on any atom is -0.508 e. The van der Waals surface area contributed by atoms with Gasteiger partial charge in [-0.1, -0.05) is 12.1 Å². The van der Waals surface area contributed by atoms with Crippen LogP contribution in [0.15, 0.2) is 42.7 Å². The van der Waals surface area contributed by atoms with Gasteiger partial charge in [0.15, 0.2) is 0 Å². The summed E-state index contributed by atoms with van der Waals surface area (Å²) in [5, 5.41) is 12.4. The molecule has 0 aliphatic carbocycles. The third-order valence-electron chi connectivity index (χ3n) is 2.17. The third-order valence-corrected chi connectivity index (χ3v) is 2.17. The zero-order valence-electron chi connectivity index (χ0n) is 8.80. The Morgan fingerprint density at radius 3 is 2.69 bits per heavy atom. The van der Waals surface area contributed by atoms with Crippen molar-refractivity contribution in [2.75, 3.05) is 11.9 Å². The highest BCUT2D eigenvalue weighted by atomic mass is 16.3. The van der Waals surface area contributed by atoms with E-state index in [1.165, 1.54) is 0 Å². The number of hydrogen-bond acceptors (Lipinski definition) is 4. The van der Waals surface area contributed by atoms with Crippen molar-refractivity contribution in [2.24, 2.45) is 0 Å². The molecule has 0 saturated carbocycles. The van der Waals surface area contributed by atoms with Crippen LogP contribution < -0.4 is 5.32 Å². The molecule has 82 valence electrons. The van der Waals surface area contributed by atoms with Crippen molar-refractivity contribution in [3.63, 3.8) is 0 Å². The average Bonchev–Trinajstić information content (AvgIpc) is 2.30. The first-order chi connectivity index (χ1) is 7.84. The number of phenolic OH excluding ortho intramolecular Hbond substituents is 1. The molecule has 4 nitrogen and oxygen atoms in total. The maximum atomic E-state index is 9.28. The molecular weight excluding hydrogens is 202 g/mol. The summed E-state index contributed by atoms with van der Waals surface area (Å²) in [5.74, 6) is 0.927. The second kappa shape index (κ2) is 5.11. The van der Waals surface area contributed by atoms with Gasteiger partial charge in [0.2, 0.25) is 5.95 Å². The van der Waals surface area contributed by atoms with Gasteiger partial charge in [-0.3, -0.25) is 0 Å². The fourth-order valence-corrected chi connectivity index (χ4v) is 1.42. The second-order valence-corrected chi connectivity index (χ2v) is 3.42. The van der Waals surface area contributed by atoms with Crippen LogP contribution in [0.5, 0.6) is 5.75 Å². The Bertz CT molecular complexity index is 445. The Balaban J connectivity index is 1.85. The third kappa shape index (κ3) is 2.95. The minimum absolute atomic E-state index is 0.300. The number of rotatable bonds is 4. The van der Waals surface area contributed by atoms with Crippen LogP contribution >= 0.6 is 0 Å². The fourth-order valence-electron chi connectivity index (χ4n) is 1.42. The number of nitrogens with zero attached hydrogens (tertiary/aromatic N) is 2. The van der Waals surface area contributed by atoms with Crippen LogP contribution in [0.25, 0.3) is 0 Å². The van der Waals surface area contributed by atoms with E-state index in [9.17, 15) is 5.11 Å². The lowest BCUT2D eigenvalue weighted by Crippen LogP contribution is -2.07. The van der Waals surface area contributed by atoms with Crippen LogP contribution in [0.3, 0.4) is 0 Å². The molecule has 0 fully saturated rings. The van der Waals surface area contributed by atoms with E-state index in [0.717, 1.165) is 18.5 Å². The molecule has 2 rings (SSSR count). The molecule has 0 bridgehead atoms. The lowest BCUT2D eigenvalue weighted by molar-refractivity contribution is 0.474. The van der Waals surface area contributed by atoms with Gasteiger partial charge in [0, 0.05) is 18.9 Å². The zero-order chi connectivity index (χ0) is 11.2. The maximum Gasteiger partial charge on any atom is 0.222 e. The SMILES string of the molecule is Oc1cccc(CCNc2ncccn2)c1. The van der Waals surface area contributed by atoms with Gasteiger partial charge in [0.25, 0.3) is 0 Å². The van der Waals surface area contributed by atoms with Crippen molar-refractivity contribution in [1.29, 1.82) is 0 Å². The number of anilines is 1. The van der Waals surface area contributed by atoms with E-state index in [-0.39, 0.29) is 0 Å². The van der Waals surface area contributed by atoms with Crippen molar-refractivity contribution in [1.82, 2.24) is 9.97 Å². The number of hydrogen-bond donors (Lipinski definition) is 2. The second-order valence-electron chi connectivity index (χ2n) is 3.42. The number of nitrogens with one attached hydrogen (secondary N) is 1. The average molecular weight is 215 g/mol. The van der Waals surface area contributed by atoms with E-state index in [2.05, 4.69) is 15.3 Å². The van der Waals surface area contributed by atoms with E-state index in [4.69, 9.17) is 0 Å². The van der Waals surface area contributed by atoms with Gasteiger partial charge in [0.05, 0.1) is 0 Å². The largest absolute Gasteiger partial charge is 0.508 e. The number of aromatic hydroxyl groups is 1. The Kier molecular flexibility index (Phi) is 3.33. The van der Waals surface area contributed by atoms with E-state index >= 15 is 0 Å². The summed E-state index contributed by atoms with van der Waals surface area (Å²) in [6, 6.07) is 9.02. The number of benzene rings is 1. The smallest absolute Gasteiger partial charge is 0.222 e. The molecule has 0 aliphatic rings. The van der Waals surface area contributed by atoms with E-state index in [1.54, 1.807) is 30.6 Å². The van der Waals surface area contributed by atoms with Crippen molar-refractivity contribution in [3.05, 3.63) is 48.3 Å². The summed E-state index contributed by atoms with van der Waals surface area (Å²) in [7, 11) is 0. The van der Waals surface area contributed by atoms with Crippen LogP contribution in [0.2, 0.25) is 0 Å². The molecule has 0 atom stereocenters. The van der Waals surface area contributed by atoms with Gasteiger partial charge < -0.3 is 10.4 Å². The summed E-state index contributed by atoms with van der Waals surface area (Å²) in [5.41, 5.74) is 1.09. The predicted octanol–water partition coefficient (Wildman–Crippen LogP) is 1.84. The van der Waals surface area contributed by atoms with Gasteiger partial charge in [-0.15, -0.1) is 0 Å². The van der Waals surface area contributed by atoms with Gasteiger partial charge >= 0.3 is 0 Å². The predicted molar refractivity (Wildman–Crippen MR) is 62.3 cm³/mol. The molecule has 1 heterocycles. The molecular formula is C12H13N3O. The summed E-state index contributed by atoms with van der Waals surface area (Å²) < 4.78 is 0. The molecule has 2 N–H and O–H groups in total. The molecule has 0 amide bonds. The summed E-state index contributed by atoms with van der Waals surface area (Å²) in [6.07, 6.45) is 4.22. The molecule has 0 radical (unpaired) electrons. The lowest BCUT2D eigenvalue weighted by atomic mass is 10.1. The first-order valence-electron chi connectivity index (χ1n) is 5.13. The summed E-state index contributed by atoms with van der Waals surface area (Å²) >= 11 is 0. The maximum absolute atomic E-state index is 9.28. The highest BCUT2D eigenvalue weighted by Gasteiger charge is 1.96. The Morgan fingerprint density at radius 1 is 1.12 bits per heavy atom. The van der Waals surface area contributed by atoms with Gasteiger partial charge in [-0.05, 0) is 30.2 Å². The normalized spacial score (nSPS) is 10.0. The van der Waals surface area contributed by atoms with E-state index in [0.29, 0.717) is 11.7 Å². The molecule has 0 saturated heterocycles. The first kappa shape index (κ1) is 10.4. The van der Waals surface area contributed by atoms with Crippen LogP contribution in [0.4, 0.5) is 5.95 Å². The van der Waals surface area contributed by atoms with Crippen LogP contribution in [0, 0.1) is 0 Å². The lowest BCUT2D eigenvalue weighted by Gasteiger charge is -2.04. The van der Waals surface area contributed by atoms with Crippen LogP contribution in [-0.2, 0) is 6.42 Å². The van der Waals surface area contributed by atoms with Crippen molar-refractivity contribution < 1.29 is 5.11 Å². The first-order valence-corrected chi connectivity index (χ1v) is 5.13. The number of phenols is 1. The topological polar surface area (TPSA) is 58.0 Å². The number of aromatic nitrogens is 2. The molecule has 2 aromatic rings. The monoisotopic (exact) mass is 215 g/mol. The molecule has 1 aromatic carbocycles. The Morgan fingerprint density at radius 2 is 1.94 bits per heavy atom. The van der Waals surface area contributed by atoms with E-state index < -0.39 is 0 Å². The Hall–Kier alpha value is -2.10. The standard InChI is InChI=1S/C12H13N3O/c16-11-4-1-3-10(9-11)5-8-15-12-13-6-2-7-14-12/h1-4,6-7,9,16H,5,8H2,(H,13,14,15). The van der Waals surface area contributed by atoms with Gasteiger partial charge in [0.1, 0.15) is 5.75 Å². The van der Waals surface area contributed by atoms with Gasteiger partial charge in [-0.2, -0.15) is 0 Å². The van der Waals surface area contributed by atoms with Crippen LogP contribution in [0.1, 0.15) is 5.56 Å². The van der Waals surface area contributed by atoms with E-state index in [1.807, 2.05) is 12.1 Å². The van der Waals surface area contributed by atoms with Crippen molar-refractivity contribution in [3.8, 4) is 5.75 Å². The van der Waals surface area contributed by atoms with Gasteiger partial charge in [-0.25, -0.2) is 9.97 Å². The van der Waals surface area contributed by atoms with Crippen molar-refractivity contribution in [2.45, 2.75) is 6.42 Å². The summed E-state index contributed by atoms with van der Waals surface area (Å²) in [4.78, 5) is 8.11. The highest BCUT2D eigenvalue weighted by molar-refractivity contribution is 5.28. The van der Waals surface area contributed by atoms with Crippen molar-refractivity contribution >= 4 is 5.95 Å². The summed E-state index contributed by atoms with van der Waals surface area (Å²) in [6.45, 7) is 0.744. The minimum atomic E-state index is 0.300. The zero-order valence-corrected chi connectivity index (χ0v) is 8.80. The molecule has 4 heteroatoms.